The van der Waals surface area contributed by atoms with Crippen LogP contribution in [0.25, 0.3) is 0 Å². The minimum Gasteiger partial charge on any atom is -0.481 e. The Labute approximate surface area is 114 Å². The van der Waals surface area contributed by atoms with Crippen LogP contribution < -0.4 is 0 Å². The molecule has 19 heavy (non-hydrogen) atoms. The number of carboxylic acids is 1. The summed E-state index contributed by atoms with van der Waals surface area (Å²) in [6, 6.07) is 0. The number of hydrogen-bond acceptors (Lipinski definition) is 2. The maximum atomic E-state index is 11.5. The second-order valence-corrected chi connectivity index (χ2v) is 6.46. The maximum Gasteiger partial charge on any atom is 0.315 e. The SMILES string of the molecule is CC(C)Cc1nc(C(C)(C)C(=O)O)c2n1CCCC2. The summed E-state index contributed by atoms with van der Waals surface area (Å²) >= 11 is 0. The number of aliphatic carboxylic acids is 1. The Morgan fingerprint density at radius 2 is 2.11 bits per heavy atom. The van der Waals surface area contributed by atoms with E-state index in [2.05, 4.69) is 18.4 Å². The molecule has 0 fully saturated rings. The van der Waals surface area contributed by atoms with Crippen LogP contribution in [0.2, 0.25) is 0 Å². The molecule has 0 radical (unpaired) electrons. The zero-order chi connectivity index (χ0) is 14.2. The number of aromatic nitrogens is 2. The van der Waals surface area contributed by atoms with Crippen LogP contribution in [0, 0.1) is 5.92 Å². The third-order valence-electron chi connectivity index (χ3n) is 3.91. The van der Waals surface area contributed by atoms with E-state index in [-0.39, 0.29) is 0 Å². The Balaban J connectivity index is 2.50. The number of imidazole rings is 1. The van der Waals surface area contributed by atoms with Gasteiger partial charge in [-0.3, -0.25) is 4.79 Å². The molecular weight excluding hydrogens is 240 g/mol. The van der Waals surface area contributed by atoms with Gasteiger partial charge in [0, 0.05) is 18.7 Å². The van der Waals surface area contributed by atoms with Gasteiger partial charge in [0.05, 0.1) is 5.69 Å². The average molecular weight is 264 g/mol. The second-order valence-electron chi connectivity index (χ2n) is 6.46. The van der Waals surface area contributed by atoms with Gasteiger partial charge in [0.1, 0.15) is 11.2 Å². The molecule has 0 saturated carbocycles. The van der Waals surface area contributed by atoms with E-state index in [1.807, 2.05) is 0 Å². The Morgan fingerprint density at radius 1 is 1.42 bits per heavy atom. The van der Waals surface area contributed by atoms with Crippen LogP contribution in [0.5, 0.6) is 0 Å². The molecule has 0 spiro atoms. The van der Waals surface area contributed by atoms with E-state index >= 15 is 0 Å². The van der Waals surface area contributed by atoms with E-state index in [9.17, 15) is 9.90 Å². The predicted molar refractivity (Wildman–Crippen MR) is 74.4 cm³/mol. The number of rotatable bonds is 4. The Kier molecular flexibility index (Phi) is 3.70. The van der Waals surface area contributed by atoms with Crippen molar-refractivity contribution in [2.24, 2.45) is 5.92 Å². The summed E-state index contributed by atoms with van der Waals surface area (Å²) in [5.74, 6) is 0.804. The van der Waals surface area contributed by atoms with Gasteiger partial charge in [0.2, 0.25) is 0 Å². The molecule has 0 bridgehead atoms. The fourth-order valence-corrected chi connectivity index (χ4v) is 2.74. The molecule has 1 N–H and O–H groups in total. The van der Waals surface area contributed by atoms with Crippen LogP contribution in [0.3, 0.4) is 0 Å². The van der Waals surface area contributed by atoms with Crippen LogP contribution in [0.15, 0.2) is 0 Å². The minimum absolute atomic E-state index is 0.536. The first-order valence-electron chi connectivity index (χ1n) is 7.16. The van der Waals surface area contributed by atoms with Gasteiger partial charge >= 0.3 is 5.97 Å². The lowest BCUT2D eigenvalue weighted by Gasteiger charge is -2.22. The summed E-state index contributed by atoms with van der Waals surface area (Å²) in [4.78, 5) is 16.2. The zero-order valence-corrected chi connectivity index (χ0v) is 12.4. The summed E-state index contributed by atoms with van der Waals surface area (Å²) in [5, 5.41) is 9.44. The molecule has 1 aromatic heterocycles. The molecule has 0 unspecified atom stereocenters. The zero-order valence-electron chi connectivity index (χ0n) is 12.4. The highest BCUT2D eigenvalue weighted by molar-refractivity contribution is 5.80. The number of carboxylic acid groups (broad SMARTS) is 1. The Bertz CT molecular complexity index is 487. The summed E-state index contributed by atoms with van der Waals surface area (Å²) in [6.45, 7) is 8.84. The summed E-state index contributed by atoms with van der Waals surface area (Å²) < 4.78 is 2.27. The number of hydrogen-bond donors (Lipinski definition) is 1. The molecule has 1 aliphatic heterocycles. The fraction of sp³-hybridized carbons (Fsp3) is 0.733. The van der Waals surface area contributed by atoms with Crippen LogP contribution in [-0.2, 0) is 29.6 Å². The van der Waals surface area contributed by atoms with Crippen molar-refractivity contribution in [1.29, 1.82) is 0 Å². The Morgan fingerprint density at radius 3 is 2.68 bits per heavy atom. The maximum absolute atomic E-state index is 11.5. The molecule has 0 saturated heterocycles. The van der Waals surface area contributed by atoms with Crippen molar-refractivity contribution >= 4 is 5.97 Å². The first-order chi connectivity index (χ1) is 8.84. The molecule has 1 aromatic rings. The van der Waals surface area contributed by atoms with Crippen molar-refractivity contribution in [1.82, 2.24) is 9.55 Å². The topological polar surface area (TPSA) is 55.1 Å². The van der Waals surface area contributed by atoms with Crippen LogP contribution in [0.1, 0.15) is 57.7 Å². The third-order valence-corrected chi connectivity index (χ3v) is 3.91. The van der Waals surface area contributed by atoms with E-state index in [1.165, 1.54) is 6.42 Å². The molecule has 4 nitrogen and oxygen atoms in total. The molecular formula is C15H24N2O2. The lowest BCUT2D eigenvalue weighted by Crippen LogP contribution is -2.31. The average Bonchev–Trinajstić information content (AvgIpc) is 2.68. The molecule has 2 heterocycles. The number of carbonyl (C=O) groups is 1. The van der Waals surface area contributed by atoms with E-state index < -0.39 is 11.4 Å². The van der Waals surface area contributed by atoms with E-state index in [1.54, 1.807) is 13.8 Å². The first-order valence-corrected chi connectivity index (χ1v) is 7.16. The van der Waals surface area contributed by atoms with Gasteiger partial charge < -0.3 is 9.67 Å². The van der Waals surface area contributed by atoms with Crippen LogP contribution in [-0.4, -0.2) is 20.6 Å². The number of fused-ring (bicyclic) bond motifs is 1. The minimum atomic E-state index is -0.899. The summed E-state index contributed by atoms with van der Waals surface area (Å²) in [6.07, 6.45) is 4.18. The first kappa shape index (κ1) is 14.1. The predicted octanol–water partition coefficient (Wildman–Crippen LogP) is 2.78. The van der Waals surface area contributed by atoms with Gasteiger partial charge in [0.15, 0.2) is 0 Å². The monoisotopic (exact) mass is 264 g/mol. The Hall–Kier alpha value is -1.32. The second kappa shape index (κ2) is 4.99. The molecule has 1 aliphatic rings. The number of nitrogens with zero attached hydrogens (tertiary/aromatic N) is 2. The van der Waals surface area contributed by atoms with Gasteiger partial charge in [-0.05, 0) is 39.0 Å². The van der Waals surface area contributed by atoms with Gasteiger partial charge in [-0.15, -0.1) is 0 Å². The van der Waals surface area contributed by atoms with Gasteiger partial charge in [-0.1, -0.05) is 13.8 Å². The quantitative estimate of drug-likeness (QED) is 0.909. The highest BCUT2D eigenvalue weighted by atomic mass is 16.4. The smallest absolute Gasteiger partial charge is 0.315 e. The van der Waals surface area contributed by atoms with E-state index in [0.717, 1.165) is 43.0 Å². The van der Waals surface area contributed by atoms with Crippen molar-refractivity contribution in [3.8, 4) is 0 Å². The van der Waals surface area contributed by atoms with Crippen molar-refractivity contribution in [2.45, 2.75) is 65.3 Å². The van der Waals surface area contributed by atoms with Crippen LogP contribution >= 0.6 is 0 Å². The molecule has 0 aliphatic carbocycles. The lowest BCUT2D eigenvalue weighted by molar-refractivity contribution is -0.142. The van der Waals surface area contributed by atoms with Crippen molar-refractivity contribution in [2.75, 3.05) is 0 Å². The largest absolute Gasteiger partial charge is 0.481 e. The molecule has 2 rings (SSSR count). The molecule has 0 atom stereocenters. The third kappa shape index (κ3) is 2.53. The molecule has 106 valence electrons. The molecule has 0 aromatic carbocycles. The standard InChI is InChI=1S/C15H24N2O2/c1-10(2)9-12-16-13(15(3,4)14(18)19)11-7-5-6-8-17(11)12/h10H,5-9H2,1-4H3,(H,18,19). The fourth-order valence-electron chi connectivity index (χ4n) is 2.74. The van der Waals surface area contributed by atoms with E-state index in [0.29, 0.717) is 5.92 Å². The summed E-state index contributed by atoms with van der Waals surface area (Å²) in [5.41, 5.74) is 1.02. The van der Waals surface area contributed by atoms with Gasteiger partial charge in [0.25, 0.3) is 0 Å². The van der Waals surface area contributed by atoms with Gasteiger partial charge in [-0.2, -0.15) is 0 Å². The van der Waals surface area contributed by atoms with Crippen molar-refractivity contribution < 1.29 is 9.90 Å². The van der Waals surface area contributed by atoms with E-state index in [4.69, 9.17) is 4.98 Å². The highest BCUT2D eigenvalue weighted by Crippen LogP contribution is 2.31. The lowest BCUT2D eigenvalue weighted by atomic mass is 9.86. The molecule has 0 amide bonds. The molecule has 4 heteroatoms. The normalized spacial score (nSPS) is 15.6. The highest BCUT2D eigenvalue weighted by Gasteiger charge is 2.36. The van der Waals surface area contributed by atoms with Crippen molar-refractivity contribution in [3.63, 3.8) is 0 Å². The van der Waals surface area contributed by atoms with Gasteiger partial charge in [-0.25, -0.2) is 4.98 Å². The summed E-state index contributed by atoms with van der Waals surface area (Å²) in [7, 11) is 0. The van der Waals surface area contributed by atoms with Crippen LogP contribution in [0.4, 0.5) is 0 Å². The van der Waals surface area contributed by atoms with Crippen molar-refractivity contribution in [3.05, 3.63) is 17.2 Å².